The van der Waals surface area contributed by atoms with Crippen LogP contribution in [-0.2, 0) is 30.3 Å². The minimum atomic E-state index is -0.636. The number of aromatic nitrogens is 5. The van der Waals surface area contributed by atoms with Crippen LogP contribution >= 0.6 is 0 Å². The van der Waals surface area contributed by atoms with E-state index in [0.717, 1.165) is 71.4 Å². The Hall–Kier alpha value is -5.99. The molecule has 57 heavy (non-hydrogen) atoms. The molecule has 3 amide bonds. The SMILES string of the molecule is O=C1CCC(N2Cc3cc(C#CCOCCOCCOCCN4CCC(Oc5cccc(-c6onc7ccc(-c8nn[nH]n8)cc67)c5)CC4)ccc3C2=O)C(=O)N1. The summed E-state index contributed by atoms with van der Waals surface area (Å²) in [7, 11) is 0. The molecule has 2 aromatic heterocycles. The van der Waals surface area contributed by atoms with E-state index in [0.29, 0.717) is 63.1 Å². The molecule has 2 N–H and O–H groups in total. The maximum absolute atomic E-state index is 12.9. The zero-order valence-electron chi connectivity index (χ0n) is 31.3. The van der Waals surface area contributed by atoms with Crippen LogP contribution in [0.1, 0.15) is 47.2 Å². The second-order valence-electron chi connectivity index (χ2n) is 14.0. The highest BCUT2D eigenvalue weighted by molar-refractivity contribution is 6.05. The van der Waals surface area contributed by atoms with E-state index in [1.165, 1.54) is 4.90 Å². The van der Waals surface area contributed by atoms with Gasteiger partial charge >= 0.3 is 0 Å². The number of hydrogen-bond acceptors (Lipinski definition) is 13. The van der Waals surface area contributed by atoms with Gasteiger partial charge in [0.25, 0.3) is 5.91 Å². The predicted octanol–water partition coefficient (Wildman–Crippen LogP) is 3.38. The molecule has 2 saturated heterocycles. The van der Waals surface area contributed by atoms with Crippen molar-refractivity contribution in [3.05, 3.63) is 77.4 Å². The van der Waals surface area contributed by atoms with Gasteiger partial charge in [-0.15, -0.1) is 10.2 Å². The van der Waals surface area contributed by atoms with Crippen LogP contribution in [0.2, 0.25) is 0 Å². The van der Waals surface area contributed by atoms with Crippen molar-refractivity contribution in [2.45, 2.75) is 44.4 Å². The molecule has 2 fully saturated rings. The highest BCUT2D eigenvalue weighted by Crippen LogP contribution is 2.34. The number of carbonyl (C=O) groups excluding carboxylic acids is 3. The number of benzene rings is 3. The number of fused-ring (bicyclic) bond motifs is 2. The number of rotatable bonds is 15. The molecule has 3 aromatic carbocycles. The second-order valence-corrected chi connectivity index (χ2v) is 14.0. The highest BCUT2D eigenvalue weighted by atomic mass is 16.5. The first-order chi connectivity index (χ1) is 28.0. The van der Waals surface area contributed by atoms with E-state index in [1.807, 2.05) is 48.5 Å². The second kappa shape index (κ2) is 17.9. The lowest BCUT2D eigenvalue weighted by Gasteiger charge is -2.32. The number of aromatic amines is 1. The first-order valence-corrected chi connectivity index (χ1v) is 19.1. The molecular formula is C41H42N8O8. The van der Waals surface area contributed by atoms with Gasteiger partial charge in [-0.1, -0.05) is 29.1 Å². The van der Waals surface area contributed by atoms with Crippen molar-refractivity contribution in [2.24, 2.45) is 0 Å². The molecule has 0 aliphatic carbocycles. The molecule has 5 aromatic rings. The summed E-state index contributed by atoms with van der Waals surface area (Å²) in [5.41, 5.74) is 4.59. The van der Waals surface area contributed by atoms with Crippen molar-refractivity contribution in [2.75, 3.05) is 59.3 Å². The number of amides is 3. The Morgan fingerprint density at radius 1 is 0.877 bits per heavy atom. The molecule has 8 rings (SSSR count). The van der Waals surface area contributed by atoms with E-state index in [2.05, 4.69) is 47.8 Å². The zero-order valence-corrected chi connectivity index (χ0v) is 31.3. The van der Waals surface area contributed by atoms with E-state index >= 15 is 0 Å². The third-order valence-electron chi connectivity index (χ3n) is 10.2. The number of H-pyrrole nitrogens is 1. The van der Waals surface area contributed by atoms with Crippen LogP contribution in [0.15, 0.2) is 65.2 Å². The first-order valence-electron chi connectivity index (χ1n) is 19.1. The summed E-state index contributed by atoms with van der Waals surface area (Å²) >= 11 is 0. The molecule has 5 heterocycles. The standard InChI is InChI=1S/C41H42N8O8/c50-37-11-10-36(40(51)42-37)49-26-30-23-27(6-8-33(30)41(49)52)3-2-17-53-19-21-55-22-20-54-18-16-48-14-12-31(13-15-48)56-32-5-1-4-28(24-32)38-34-25-29(39-43-46-47-44-39)7-9-35(34)45-57-38/h1,4-9,23-25,31,36H,10-22,26H2,(H,42,50,51)(H,43,44,46,47). The topological polar surface area (TPSA) is 187 Å². The van der Waals surface area contributed by atoms with Crippen molar-refractivity contribution >= 4 is 28.6 Å². The van der Waals surface area contributed by atoms with Gasteiger partial charge < -0.3 is 33.3 Å². The Labute approximate surface area is 328 Å². The predicted molar refractivity (Wildman–Crippen MR) is 205 cm³/mol. The molecule has 16 nitrogen and oxygen atoms in total. The summed E-state index contributed by atoms with van der Waals surface area (Å²) in [4.78, 5) is 40.6. The van der Waals surface area contributed by atoms with Crippen molar-refractivity contribution < 1.29 is 37.9 Å². The van der Waals surface area contributed by atoms with Crippen LogP contribution in [0.3, 0.4) is 0 Å². The Balaban J connectivity index is 0.673. The van der Waals surface area contributed by atoms with E-state index in [1.54, 1.807) is 12.1 Å². The molecule has 3 aliphatic rings. The fourth-order valence-corrected chi connectivity index (χ4v) is 7.27. The fourth-order valence-electron chi connectivity index (χ4n) is 7.27. The zero-order chi connectivity index (χ0) is 39.0. The molecular weight excluding hydrogens is 732 g/mol. The number of nitrogens with zero attached hydrogens (tertiary/aromatic N) is 6. The number of carbonyl (C=O) groups is 3. The van der Waals surface area contributed by atoms with Gasteiger partial charge in [0.1, 0.15) is 30.0 Å². The number of tetrazole rings is 1. The van der Waals surface area contributed by atoms with Gasteiger partial charge in [0.15, 0.2) is 5.76 Å². The normalized spacial score (nSPS) is 17.4. The molecule has 0 saturated carbocycles. The van der Waals surface area contributed by atoms with Gasteiger partial charge in [-0.2, -0.15) is 5.21 Å². The number of piperidine rings is 2. The highest BCUT2D eigenvalue weighted by Gasteiger charge is 2.39. The lowest BCUT2D eigenvalue weighted by molar-refractivity contribution is -0.136. The monoisotopic (exact) mass is 774 g/mol. The molecule has 16 heteroatoms. The van der Waals surface area contributed by atoms with Crippen molar-refractivity contribution in [1.29, 1.82) is 0 Å². The largest absolute Gasteiger partial charge is 0.490 e. The summed E-state index contributed by atoms with van der Waals surface area (Å²) in [5.74, 6) is 7.10. The first kappa shape index (κ1) is 37.9. The number of hydrogen-bond donors (Lipinski definition) is 2. The number of imide groups is 1. The average Bonchev–Trinajstić information content (AvgIpc) is 3.99. The van der Waals surface area contributed by atoms with Crippen LogP contribution in [0.4, 0.5) is 0 Å². The minimum Gasteiger partial charge on any atom is -0.490 e. The average molecular weight is 775 g/mol. The van der Waals surface area contributed by atoms with Crippen LogP contribution in [0, 0.1) is 11.8 Å². The number of likely N-dealkylation sites (tertiary alicyclic amines) is 1. The smallest absolute Gasteiger partial charge is 0.255 e. The molecule has 0 spiro atoms. The fraction of sp³-hybridized carbons (Fsp3) is 0.390. The minimum absolute atomic E-state index is 0.126. The molecule has 3 aliphatic heterocycles. The van der Waals surface area contributed by atoms with Crippen LogP contribution < -0.4 is 10.1 Å². The third kappa shape index (κ3) is 9.19. The molecule has 1 unspecified atom stereocenters. The maximum Gasteiger partial charge on any atom is 0.255 e. The summed E-state index contributed by atoms with van der Waals surface area (Å²) in [6, 6.07) is 18.4. The summed E-state index contributed by atoms with van der Waals surface area (Å²) in [6.45, 7) is 5.77. The van der Waals surface area contributed by atoms with Gasteiger partial charge in [-0.05, 0) is 78.6 Å². The van der Waals surface area contributed by atoms with Gasteiger partial charge in [0, 0.05) is 54.9 Å². The Morgan fingerprint density at radius 3 is 2.54 bits per heavy atom. The van der Waals surface area contributed by atoms with Gasteiger partial charge in [-0.3, -0.25) is 19.7 Å². The molecule has 0 bridgehead atoms. The summed E-state index contributed by atoms with van der Waals surface area (Å²) in [6.07, 6.45) is 2.54. The van der Waals surface area contributed by atoms with Gasteiger partial charge in [0.2, 0.25) is 17.6 Å². The van der Waals surface area contributed by atoms with Crippen LogP contribution in [0.5, 0.6) is 5.75 Å². The lowest BCUT2D eigenvalue weighted by atomic mass is 10.0. The Bertz CT molecular complexity index is 2270. The van der Waals surface area contributed by atoms with E-state index in [4.69, 9.17) is 23.5 Å². The van der Waals surface area contributed by atoms with Crippen molar-refractivity contribution in [1.82, 2.24) is 40.9 Å². The molecule has 294 valence electrons. The Kier molecular flexibility index (Phi) is 11.9. The van der Waals surface area contributed by atoms with Gasteiger partial charge in [-0.25, -0.2) is 0 Å². The lowest BCUT2D eigenvalue weighted by Crippen LogP contribution is -2.52. The maximum atomic E-state index is 12.9. The van der Waals surface area contributed by atoms with Crippen molar-refractivity contribution in [3.63, 3.8) is 0 Å². The quantitative estimate of drug-likeness (QED) is 0.0897. The number of ether oxygens (including phenoxy) is 4. The molecule has 0 radical (unpaired) electrons. The number of nitrogens with one attached hydrogen (secondary N) is 2. The Morgan fingerprint density at radius 2 is 1.72 bits per heavy atom. The van der Waals surface area contributed by atoms with E-state index in [9.17, 15) is 14.4 Å². The van der Waals surface area contributed by atoms with Crippen LogP contribution in [0.25, 0.3) is 33.6 Å². The molecule has 1 atom stereocenters. The summed E-state index contributed by atoms with van der Waals surface area (Å²) < 4.78 is 29.2. The third-order valence-corrected chi connectivity index (χ3v) is 10.2. The van der Waals surface area contributed by atoms with Gasteiger partial charge in [0.05, 0.1) is 38.4 Å². The van der Waals surface area contributed by atoms with E-state index in [-0.39, 0.29) is 30.9 Å². The van der Waals surface area contributed by atoms with E-state index < -0.39 is 11.9 Å². The van der Waals surface area contributed by atoms with Crippen LogP contribution in [-0.4, -0.2) is 125 Å². The summed E-state index contributed by atoms with van der Waals surface area (Å²) in [5, 5.41) is 21.7. The van der Waals surface area contributed by atoms with Crippen molar-refractivity contribution in [3.8, 4) is 40.3 Å².